The van der Waals surface area contributed by atoms with Gasteiger partial charge in [-0.2, -0.15) is 4.98 Å². The number of aryl methyl sites for hydroxylation is 2. The molecule has 0 amide bonds. The van der Waals surface area contributed by atoms with E-state index in [1.807, 2.05) is 12.1 Å². The molecule has 6 rings (SSSR count). The summed E-state index contributed by atoms with van der Waals surface area (Å²) < 4.78 is 46.5. The molecule has 10 heteroatoms. The van der Waals surface area contributed by atoms with Crippen molar-refractivity contribution >= 4 is 33.3 Å². The third kappa shape index (κ3) is 5.28. The Labute approximate surface area is 222 Å². The van der Waals surface area contributed by atoms with Crippen LogP contribution in [0.2, 0.25) is 0 Å². The fourth-order valence-corrected chi connectivity index (χ4v) is 5.87. The predicted octanol–water partition coefficient (Wildman–Crippen LogP) is 6.45. The van der Waals surface area contributed by atoms with E-state index in [4.69, 9.17) is 14.7 Å². The number of nitrogens with one attached hydrogen (secondary N) is 1. The van der Waals surface area contributed by atoms with Gasteiger partial charge in [0.05, 0.1) is 24.0 Å². The van der Waals surface area contributed by atoms with Crippen molar-refractivity contribution < 1.29 is 22.6 Å². The molecule has 0 bridgehead atoms. The molecule has 38 heavy (non-hydrogen) atoms. The van der Waals surface area contributed by atoms with Gasteiger partial charge < -0.3 is 19.7 Å². The molecule has 2 aromatic carbocycles. The number of fused-ring (bicyclic) bond motifs is 1. The van der Waals surface area contributed by atoms with Gasteiger partial charge in [-0.3, -0.25) is 0 Å². The van der Waals surface area contributed by atoms with Crippen LogP contribution in [0.3, 0.4) is 0 Å². The Morgan fingerprint density at radius 3 is 2.34 bits per heavy atom. The first-order valence-corrected chi connectivity index (χ1v) is 13.4. The van der Waals surface area contributed by atoms with Gasteiger partial charge >= 0.3 is 6.36 Å². The third-order valence-electron chi connectivity index (χ3n) is 6.97. The van der Waals surface area contributed by atoms with Crippen molar-refractivity contribution in [1.82, 2.24) is 9.97 Å². The fourth-order valence-electron chi connectivity index (χ4n) is 5.00. The van der Waals surface area contributed by atoms with E-state index in [0.717, 1.165) is 78.8 Å². The fraction of sp³-hybridized carbons (Fsp3) is 0.357. The van der Waals surface area contributed by atoms with Crippen molar-refractivity contribution in [3.63, 3.8) is 0 Å². The molecule has 0 atom stereocenters. The predicted molar refractivity (Wildman–Crippen MR) is 143 cm³/mol. The normalized spacial score (nSPS) is 16.4. The van der Waals surface area contributed by atoms with E-state index in [-0.39, 0.29) is 5.75 Å². The molecule has 2 aliphatic heterocycles. The van der Waals surface area contributed by atoms with Crippen molar-refractivity contribution in [2.24, 2.45) is 5.41 Å². The zero-order chi connectivity index (χ0) is 26.3. The molecule has 2 fully saturated rings. The molecule has 1 spiro atoms. The van der Waals surface area contributed by atoms with Crippen LogP contribution in [0.1, 0.15) is 16.9 Å². The Morgan fingerprint density at radius 2 is 1.71 bits per heavy atom. The summed E-state index contributed by atoms with van der Waals surface area (Å²) in [6.07, 6.45) is -2.87. The van der Waals surface area contributed by atoms with Crippen LogP contribution in [0.4, 0.5) is 24.9 Å². The summed E-state index contributed by atoms with van der Waals surface area (Å²) in [4.78, 5) is 14.2. The van der Waals surface area contributed by atoms with Crippen LogP contribution in [-0.2, 0) is 11.2 Å². The Morgan fingerprint density at radius 1 is 1.03 bits per heavy atom. The Bertz CT molecular complexity index is 1430. The maximum Gasteiger partial charge on any atom is 0.573 e. The highest BCUT2D eigenvalue weighted by molar-refractivity contribution is 7.18. The first-order chi connectivity index (χ1) is 18.3. The maximum absolute atomic E-state index is 12.4. The average molecular weight is 541 g/mol. The molecule has 0 aliphatic carbocycles. The third-order valence-corrected chi connectivity index (χ3v) is 7.91. The largest absolute Gasteiger partial charge is 0.573 e. The van der Waals surface area contributed by atoms with Crippen LogP contribution < -0.4 is 15.0 Å². The molecule has 4 aromatic rings. The van der Waals surface area contributed by atoms with Crippen molar-refractivity contribution in [1.29, 1.82) is 0 Å². The lowest BCUT2D eigenvalue weighted by Crippen LogP contribution is -2.66. The summed E-state index contributed by atoms with van der Waals surface area (Å²) in [5, 5.41) is 4.60. The van der Waals surface area contributed by atoms with Crippen LogP contribution in [0.5, 0.6) is 5.75 Å². The number of ether oxygens (including phenoxy) is 2. The molecule has 2 saturated heterocycles. The van der Waals surface area contributed by atoms with Gasteiger partial charge in [-0.05, 0) is 54.7 Å². The van der Waals surface area contributed by atoms with E-state index < -0.39 is 6.36 Å². The summed E-state index contributed by atoms with van der Waals surface area (Å²) >= 11 is 1.69. The molecule has 0 saturated carbocycles. The number of aromatic nitrogens is 2. The Kier molecular flexibility index (Phi) is 6.39. The number of benzene rings is 2. The molecule has 0 unspecified atom stereocenters. The highest BCUT2D eigenvalue weighted by Gasteiger charge is 2.50. The molecule has 0 radical (unpaired) electrons. The number of anilines is 2. The van der Waals surface area contributed by atoms with Gasteiger partial charge in [0.2, 0.25) is 5.95 Å². The van der Waals surface area contributed by atoms with Gasteiger partial charge in [0.15, 0.2) is 0 Å². The van der Waals surface area contributed by atoms with Gasteiger partial charge in [0.1, 0.15) is 16.4 Å². The van der Waals surface area contributed by atoms with Crippen LogP contribution in [0.25, 0.3) is 21.3 Å². The molecule has 1 N–H and O–H groups in total. The number of rotatable bonds is 8. The molecule has 6 nitrogen and oxygen atoms in total. The zero-order valence-electron chi connectivity index (χ0n) is 20.8. The smallest absolute Gasteiger partial charge is 0.406 e. The lowest BCUT2D eigenvalue weighted by Gasteiger charge is -2.54. The number of nitrogens with zero attached hydrogens (tertiary/aromatic N) is 3. The van der Waals surface area contributed by atoms with Gasteiger partial charge in [-0.1, -0.05) is 36.4 Å². The summed E-state index contributed by atoms with van der Waals surface area (Å²) in [5.41, 5.74) is 3.27. The van der Waals surface area contributed by atoms with E-state index in [1.165, 1.54) is 22.6 Å². The second kappa shape index (κ2) is 9.74. The van der Waals surface area contributed by atoms with Crippen molar-refractivity contribution in [3.05, 3.63) is 65.0 Å². The summed E-state index contributed by atoms with van der Waals surface area (Å²) in [6.45, 7) is 6.43. The minimum Gasteiger partial charge on any atom is -0.406 e. The van der Waals surface area contributed by atoms with E-state index in [0.29, 0.717) is 5.41 Å². The van der Waals surface area contributed by atoms with Gasteiger partial charge in [0.25, 0.3) is 0 Å². The highest BCUT2D eigenvalue weighted by Crippen LogP contribution is 2.40. The standard InChI is InChI=1S/C28H27F3N4O2S/c1-18-13-23-24(33-26(34-25(23)38-18)35-14-27(15-35)16-36-17-27)32-12-2-3-19-4-6-20(7-5-19)21-8-10-22(11-9-21)37-28(29,30)31/h4-11,13H,2-3,12,14-17H2,1H3,(H,32,33,34). The van der Waals surface area contributed by atoms with Crippen molar-refractivity contribution in [2.45, 2.75) is 26.1 Å². The van der Waals surface area contributed by atoms with E-state index in [2.05, 4.69) is 40.1 Å². The first-order valence-electron chi connectivity index (χ1n) is 12.6. The maximum atomic E-state index is 12.4. The monoisotopic (exact) mass is 540 g/mol. The average Bonchev–Trinajstić information content (AvgIpc) is 3.20. The summed E-state index contributed by atoms with van der Waals surface area (Å²) in [6, 6.07) is 16.2. The van der Waals surface area contributed by atoms with E-state index in [9.17, 15) is 13.2 Å². The molecular formula is C28H27F3N4O2S. The highest BCUT2D eigenvalue weighted by atomic mass is 32.1. The van der Waals surface area contributed by atoms with Crippen LogP contribution in [-0.4, -0.2) is 49.2 Å². The van der Waals surface area contributed by atoms with Crippen LogP contribution in [0.15, 0.2) is 54.6 Å². The number of hydrogen-bond acceptors (Lipinski definition) is 7. The van der Waals surface area contributed by atoms with Gasteiger partial charge in [-0.25, -0.2) is 4.98 Å². The number of halogens is 3. The minimum absolute atomic E-state index is 0.224. The molecule has 2 aromatic heterocycles. The van der Waals surface area contributed by atoms with Gasteiger partial charge in [0, 0.05) is 24.5 Å². The second-order valence-electron chi connectivity index (χ2n) is 10.1. The summed E-state index contributed by atoms with van der Waals surface area (Å²) in [7, 11) is 0. The van der Waals surface area contributed by atoms with Crippen LogP contribution in [0, 0.1) is 12.3 Å². The second-order valence-corrected chi connectivity index (χ2v) is 11.3. The van der Waals surface area contributed by atoms with Crippen molar-refractivity contribution in [3.8, 4) is 16.9 Å². The Balaban J connectivity index is 1.05. The molecule has 198 valence electrons. The molecule has 2 aliphatic rings. The van der Waals surface area contributed by atoms with Crippen molar-refractivity contribution in [2.75, 3.05) is 43.1 Å². The number of hydrogen-bond donors (Lipinski definition) is 1. The minimum atomic E-state index is -4.69. The molecular weight excluding hydrogens is 513 g/mol. The lowest BCUT2D eigenvalue weighted by molar-refractivity contribution is -0.274. The van der Waals surface area contributed by atoms with Gasteiger partial charge in [-0.15, -0.1) is 24.5 Å². The van der Waals surface area contributed by atoms with Crippen LogP contribution >= 0.6 is 11.3 Å². The van der Waals surface area contributed by atoms with E-state index in [1.54, 1.807) is 23.5 Å². The molecule has 4 heterocycles. The number of thiophene rings is 1. The first kappa shape index (κ1) is 24.9. The summed E-state index contributed by atoms with van der Waals surface area (Å²) in [5.74, 6) is 1.44. The topological polar surface area (TPSA) is 59.5 Å². The lowest BCUT2D eigenvalue weighted by atomic mass is 9.78. The zero-order valence-corrected chi connectivity index (χ0v) is 21.7. The quantitative estimate of drug-likeness (QED) is 0.259. The van der Waals surface area contributed by atoms with E-state index >= 15 is 0 Å². The number of alkyl halides is 3. The Hall–Kier alpha value is -3.37. The SMILES string of the molecule is Cc1cc2c(NCCCc3ccc(-c4ccc(OC(F)(F)F)cc4)cc3)nc(N3CC4(COC4)C3)nc2s1.